The molecule has 28 heavy (non-hydrogen) atoms. The van der Waals surface area contributed by atoms with Crippen LogP contribution in [0.25, 0.3) is 0 Å². The fraction of sp³-hybridized carbons (Fsp3) is 0.150. The van der Waals surface area contributed by atoms with Gasteiger partial charge in [-0.3, -0.25) is 4.79 Å². The Labute approximate surface area is 159 Å². The number of carbonyl (C=O) groups is 1. The molecule has 144 valence electrons. The zero-order chi connectivity index (χ0) is 20.0. The van der Waals surface area contributed by atoms with Gasteiger partial charge in [-0.05, 0) is 24.1 Å². The lowest BCUT2D eigenvalue weighted by Gasteiger charge is -2.13. The van der Waals surface area contributed by atoms with Crippen LogP contribution in [0.5, 0.6) is 0 Å². The van der Waals surface area contributed by atoms with E-state index < -0.39 is 17.6 Å². The molecule has 5 nitrogen and oxygen atoms in total. The zero-order valence-electron chi connectivity index (χ0n) is 14.7. The number of amides is 1. The summed E-state index contributed by atoms with van der Waals surface area (Å²) < 4.78 is 39.2. The predicted octanol–water partition coefficient (Wildman–Crippen LogP) is 4.40. The maximum absolute atomic E-state index is 13.1. The molecule has 0 fully saturated rings. The molecule has 0 spiro atoms. The van der Waals surface area contributed by atoms with E-state index in [0.717, 1.165) is 18.1 Å². The van der Waals surface area contributed by atoms with Crippen molar-refractivity contribution in [2.45, 2.75) is 12.6 Å². The van der Waals surface area contributed by atoms with Crippen molar-refractivity contribution in [2.24, 2.45) is 0 Å². The lowest BCUT2D eigenvalue weighted by Crippen LogP contribution is -2.18. The first kappa shape index (κ1) is 19.3. The minimum Gasteiger partial charge on any atom is -0.370 e. The van der Waals surface area contributed by atoms with Gasteiger partial charge >= 0.3 is 6.18 Å². The maximum atomic E-state index is 13.1. The average Bonchev–Trinajstić information content (AvgIpc) is 2.69. The Kier molecular flexibility index (Phi) is 5.88. The first-order valence-corrected chi connectivity index (χ1v) is 8.51. The Balaban J connectivity index is 1.66. The van der Waals surface area contributed by atoms with Crippen LogP contribution >= 0.6 is 0 Å². The summed E-state index contributed by atoms with van der Waals surface area (Å²) in [6.07, 6.45) is -2.62. The van der Waals surface area contributed by atoms with Crippen molar-refractivity contribution in [3.05, 3.63) is 83.8 Å². The monoisotopic (exact) mass is 386 g/mol. The smallest absolute Gasteiger partial charge is 0.370 e. The van der Waals surface area contributed by atoms with Gasteiger partial charge in [-0.25, -0.2) is 9.97 Å². The zero-order valence-corrected chi connectivity index (χ0v) is 14.7. The van der Waals surface area contributed by atoms with Crippen LogP contribution < -0.4 is 10.6 Å². The van der Waals surface area contributed by atoms with Gasteiger partial charge in [-0.15, -0.1) is 0 Å². The van der Waals surface area contributed by atoms with Crippen LogP contribution in [-0.2, 0) is 12.6 Å². The number of hydrogen-bond acceptors (Lipinski definition) is 4. The molecule has 0 aliphatic rings. The minimum atomic E-state index is -4.57. The second kappa shape index (κ2) is 8.51. The van der Waals surface area contributed by atoms with Crippen LogP contribution in [0.2, 0.25) is 0 Å². The predicted molar refractivity (Wildman–Crippen MR) is 100 cm³/mol. The largest absolute Gasteiger partial charge is 0.418 e. The summed E-state index contributed by atoms with van der Waals surface area (Å²) >= 11 is 0. The Bertz CT molecular complexity index is 945. The normalized spacial score (nSPS) is 11.1. The average molecular weight is 386 g/mol. The van der Waals surface area contributed by atoms with Crippen molar-refractivity contribution in [3.63, 3.8) is 0 Å². The molecule has 1 amide bonds. The quantitative estimate of drug-likeness (QED) is 0.659. The fourth-order valence-corrected chi connectivity index (χ4v) is 2.58. The first-order chi connectivity index (χ1) is 13.4. The minimum absolute atomic E-state index is 0.0332. The molecular formula is C20H17F3N4O. The molecule has 8 heteroatoms. The topological polar surface area (TPSA) is 66.9 Å². The molecule has 3 rings (SSSR count). The van der Waals surface area contributed by atoms with Gasteiger partial charge in [-0.2, -0.15) is 13.2 Å². The van der Waals surface area contributed by atoms with Crippen LogP contribution in [-0.4, -0.2) is 22.4 Å². The van der Waals surface area contributed by atoms with Gasteiger partial charge in [0.15, 0.2) is 0 Å². The van der Waals surface area contributed by atoms with Gasteiger partial charge in [-0.1, -0.05) is 42.5 Å². The standard InChI is InChI=1S/C20H17F3N4O/c21-20(22,23)15-8-4-5-9-16(15)27-19(28)17-12-18(26-13-25-17)24-11-10-14-6-2-1-3-7-14/h1-9,12-13H,10-11H2,(H,27,28)(H,24,25,26). The molecule has 3 aromatic rings. The van der Waals surface area contributed by atoms with Crippen LogP contribution in [0.1, 0.15) is 21.6 Å². The van der Waals surface area contributed by atoms with E-state index in [4.69, 9.17) is 0 Å². The summed E-state index contributed by atoms with van der Waals surface area (Å²) in [4.78, 5) is 20.2. The summed E-state index contributed by atoms with van der Waals surface area (Å²) in [5.41, 5.74) is -0.129. The van der Waals surface area contributed by atoms with Crippen LogP contribution in [0.4, 0.5) is 24.7 Å². The van der Waals surface area contributed by atoms with Crippen molar-refractivity contribution < 1.29 is 18.0 Å². The number of aromatic nitrogens is 2. The number of halogens is 3. The Morgan fingerprint density at radius 1 is 0.964 bits per heavy atom. The molecule has 1 heterocycles. The summed E-state index contributed by atoms with van der Waals surface area (Å²) in [6.45, 7) is 0.582. The highest BCUT2D eigenvalue weighted by Crippen LogP contribution is 2.34. The second-order valence-electron chi connectivity index (χ2n) is 5.95. The highest BCUT2D eigenvalue weighted by Gasteiger charge is 2.33. The van der Waals surface area contributed by atoms with E-state index >= 15 is 0 Å². The van der Waals surface area contributed by atoms with Crippen LogP contribution in [0.3, 0.4) is 0 Å². The van der Waals surface area contributed by atoms with E-state index in [0.29, 0.717) is 12.4 Å². The summed E-state index contributed by atoms with van der Waals surface area (Å²) in [6, 6.07) is 16.0. The van der Waals surface area contributed by atoms with Crippen molar-refractivity contribution >= 4 is 17.4 Å². The molecule has 0 radical (unpaired) electrons. The van der Waals surface area contributed by atoms with Crippen molar-refractivity contribution in [3.8, 4) is 0 Å². The Morgan fingerprint density at radius 3 is 2.43 bits per heavy atom. The number of nitrogens with one attached hydrogen (secondary N) is 2. The van der Waals surface area contributed by atoms with Crippen molar-refractivity contribution in [1.82, 2.24) is 9.97 Å². The molecule has 0 aliphatic carbocycles. The SMILES string of the molecule is O=C(Nc1ccccc1C(F)(F)F)c1cc(NCCc2ccccc2)ncn1. The van der Waals surface area contributed by atoms with Crippen molar-refractivity contribution in [1.29, 1.82) is 0 Å². The molecule has 0 saturated heterocycles. The lowest BCUT2D eigenvalue weighted by molar-refractivity contribution is -0.136. The third-order valence-corrected chi connectivity index (χ3v) is 3.94. The van der Waals surface area contributed by atoms with Gasteiger partial charge in [0.05, 0.1) is 11.3 Å². The van der Waals surface area contributed by atoms with E-state index in [1.807, 2.05) is 30.3 Å². The number of para-hydroxylation sites is 1. The molecule has 0 atom stereocenters. The molecule has 0 unspecified atom stereocenters. The Morgan fingerprint density at radius 2 is 1.68 bits per heavy atom. The van der Waals surface area contributed by atoms with Gasteiger partial charge in [0.1, 0.15) is 17.8 Å². The number of carbonyl (C=O) groups excluding carboxylic acids is 1. The summed E-state index contributed by atoms with van der Waals surface area (Å²) in [5.74, 6) is -0.328. The number of benzene rings is 2. The van der Waals surface area contributed by atoms with Gasteiger partial charge < -0.3 is 10.6 Å². The van der Waals surface area contributed by atoms with E-state index in [-0.39, 0.29) is 11.4 Å². The lowest BCUT2D eigenvalue weighted by atomic mass is 10.1. The molecule has 1 aromatic heterocycles. The number of anilines is 2. The third-order valence-electron chi connectivity index (χ3n) is 3.94. The van der Waals surface area contributed by atoms with E-state index in [9.17, 15) is 18.0 Å². The molecular weight excluding hydrogens is 369 g/mol. The fourth-order valence-electron chi connectivity index (χ4n) is 2.58. The van der Waals surface area contributed by atoms with Crippen molar-refractivity contribution in [2.75, 3.05) is 17.2 Å². The number of nitrogens with zero attached hydrogens (tertiary/aromatic N) is 2. The van der Waals surface area contributed by atoms with E-state index in [1.165, 1.54) is 30.6 Å². The summed E-state index contributed by atoms with van der Waals surface area (Å²) in [7, 11) is 0. The molecule has 0 bridgehead atoms. The highest BCUT2D eigenvalue weighted by molar-refractivity contribution is 6.03. The van der Waals surface area contributed by atoms with Gasteiger partial charge in [0, 0.05) is 12.6 Å². The highest BCUT2D eigenvalue weighted by atomic mass is 19.4. The molecule has 2 aromatic carbocycles. The number of hydrogen-bond donors (Lipinski definition) is 2. The van der Waals surface area contributed by atoms with Crippen LogP contribution in [0.15, 0.2) is 67.0 Å². The number of alkyl halides is 3. The summed E-state index contributed by atoms with van der Waals surface area (Å²) in [5, 5.41) is 5.34. The second-order valence-corrected chi connectivity index (χ2v) is 5.95. The van der Waals surface area contributed by atoms with E-state index in [2.05, 4.69) is 20.6 Å². The third kappa shape index (κ3) is 5.06. The maximum Gasteiger partial charge on any atom is 0.418 e. The number of rotatable bonds is 6. The Hall–Kier alpha value is -3.42. The first-order valence-electron chi connectivity index (χ1n) is 8.51. The molecule has 0 aliphatic heterocycles. The molecule has 2 N–H and O–H groups in total. The molecule has 0 saturated carbocycles. The van der Waals surface area contributed by atoms with Crippen LogP contribution in [0, 0.1) is 0 Å². The van der Waals surface area contributed by atoms with Gasteiger partial charge in [0.2, 0.25) is 0 Å². The van der Waals surface area contributed by atoms with E-state index in [1.54, 1.807) is 0 Å². The van der Waals surface area contributed by atoms with Gasteiger partial charge in [0.25, 0.3) is 5.91 Å².